The summed E-state index contributed by atoms with van der Waals surface area (Å²) in [7, 11) is 0. The normalized spacial score (nSPS) is 16.6. The Bertz CT molecular complexity index is 718. The number of aliphatic carboxylic acids is 1. The van der Waals surface area contributed by atoms with Crippen molar-refractivity contribution < 1.29 is 9.90 Å². The van der Waals surface area contributed by atoms with Gasteiger partial charge in [0.1, 0.15) is 6.04 Å². The third-order valence-corrected chi connectivity index (χ3v) is 5.41. The fourth-order valence-corrected chi connectivity index (χ4v) is 3.64. The number of hydrogen-bond donors (Lipinski definition) is 3. The van der Waals surface area contributed by atoms with E-state index in [0.717, 1.165) is 57.8 Å². The molecule has 0 saturated carbocycles. The van der Waals surface area contributed by atoms with E-state index in [0.29, 0.717) is 6.42 Å². The van der Waals surface area contributed by atoms with Gasteiger partial charge in [0.15, 0.2) is 0 Å². The summed E-state index contributed by atoms with van der Waals surface area (Å²) < 4.78 is 0. The van der Waals surface area contributed by atoms with Gasteiger partial charge in [0.05, 0.1) is 0 Å². The fourth-order valence-electron chi connectivity index (χ4n) is 3.64. The van der Waals surface area contributed by atoms with E-state index in [2.05, 4.69) is 51.0 Å². The number of benzene rings is 2. The molecule has 0 spiro atoms. The molecular formula is C23H32N4O2. The number of nitrogens with one attached hydrogen (secondary N) is 2. The first kappa shape index (κ1) is 21.5. The molecule has 1 aliphatic rings. The highest BCUT2D eigenvalue weighted by atomic mass is 16.4. The summed E-state index contributed by atoms with van der Waals surface area (Å²) >= 11 is 0. The van der Waals surface area contributed by atoms with Crippen LogP contribution in [0, 0.1) is 0 Å². The van der Waals surface area contributed by atoms with Gasteiger partial charge in [-0.3, -0.25) is 20.0 Å². The second-order valence-corrected chi connectivity index (χ2v) is 7.59. The lowest BCUT2D eigenvalue weighted by atomic mass is 10.1. The van der Waals surface area contributed by atoms with Gasteiger partial charge in [0.2, 0.25) is 0 Å². The molecular weight excluding hydrogens is 364 g/mol. The van der Waals surface area contributed by atoms with Gasteiger partial charge in [-0.05, 0) is 24.0 Å². The summed E-state index contributed by atoms with van der Waals surface area (Å²) in [6, 6.07) is 20.0. The average Bonchev–Trinajstić information content (AvgIpc) is 2.75. The van der Waals surface area contributed by atoms with Gasteiger partial charge in [0.25, 0.3) is 0 Å². The van der Waals surface area contributed by atoms with E-state index in [1.54, 1.807) is 0 Å². The van der Waals surface area contributed by atoms with Crippen LogP contribution in [0.4, 0.5) is 0 Å². The van der Waals surface area contributed by atoms with Crippen molar-refractivity contribution >= 4 is 5.97 Å². The molecule has 3 rings (SSSR count). The molecule has 2 aromatic rings. The van der Waals surface area contributed by atoms with Crippen molar-refractivity contribution in [2.24, 2.45) is 0 Å². The van der Waals surface area contributed by atoms with Crippen LogP contribution in [0.3, 0.4) is 0 Å². The van der Waals surface area contributed by atoms with E-state index < -0.39 is 12.0 Å². The lowest BCUT2D eigenvalue weighted by Gasteiger charge is -2.34. The van der Waals surface area contributed by atoms with Crippen LogP contribution in [0.2, 0.25) is 0 Å². The highest BCUT2D eigenvalue weighted by molar-refractivity contribution is 5.73. The van der Waals surface area contributed by atoms with Crippen molar-refractivity contribution in [2.75, 3.05) is 39.3 Å². The minimum Gasteiger partial charge on any atom is -0.480 e. The van der Waals surface area contributed by atoms with Gasteiger partial charge in [0, 0.05) is 45.8 Å². The topological polar surface area (TPSA) is 67.8 Å². The highest BCUT2D eigenvalue weighted by Crippen LogP contribution is 2.08. The maximum Gasteiger partial charge on any atom is 0.322 e. The Morgan fingerprint density at radius 2 is 1.48 bits per heavy atom. The van der Waals surface area contributed by atoms with Gasteiger partial charge in [-0.25, -0.2) is 5.43 Å². The van der Waals surface area contributed by atoms with Gasteiger partial charge in [-0.2, -0.15) is 0 Å². The van der Waals surface area contributed by atoms with E-state index in [1.807, 2.05) is 30.3 Å². The Morgan fingerprint density at radius 3 is 2.10 bits per heavy atom. The summed E-state index contributed by atoms with van der Waals surface area (Å²) in [5.41, 5.74) is 8.62. The predicted molar refractivity (Wildman–Crippen MR) is 115 cm³/mol. The van der Waals surface area contributed by atoms with E-state index in [-0.39, 0.29) is 0 Å². The van der Waals surface area contributed by atoms with Crippen molar-refractivity contribution in [3.05, 3.63) is 71.8 Å². The third kappa shape index (κ3) is 7.59. The van der Waals surface area contributed by atoms with Crippen LogP contribution < -0.4 is 10.9 Å². The summed E-state index contributed by atoms with van der Waals surface area (Å²) in [5.74, 6) is -0.817. The van der Waals surface area contributed by atoms with Crippen molar-refractivity contribution in [3.8, 4) is 0 Å². The van der Waals surface area contributed by atoms with Crippen LogP contribution in [-0.2, 0) is 17.8 Å². The largest absolute Gasteiger partial charge is 0.480 e. The molecule has 0 bridgehead atoms. The Kier molecular flexibility index (Phi) is 8.64. The number of carboxylic acid groups (broad SMARTS) is 1. The molecule has 6 heteroatoms. The van der Waals surface area contributed by atoms with E-state index in [4.69, 9.17) is 0 Å². The number of aryl methyl sites for hydroxylation is 1. The van der Waals surface area contributed by atoms with Crippen LogP contribution >= 0.6 is 0 Å². The summed E-state index contributed by atoms with van der Waals surface area (Å²) in [5, 5.41) is 9.43. The number of carbonyl (C=O) groups is 1. The zero-order chi connectivity index (χ0) is 20.3. The van der Waals surface area contributed by atoms with Crippen LogP contribution in [0.15, 0.2) is 60.7 Å². The third-order valence-electron chi connectivity index (χ3n) is 5.41. The molecule has 1 saturated heterocycles. The summed E-state index contributed by atoms with van der Waals surface area (Å²) in [6.45, 7) is 6.88. The van der Waals surface area contributed by atoms with Gasteiger partial charge < -0.3 is 5.11 Å². The first-order valence-electron chi connectivity index (χ1n) is 10.4. The summed E-state index contributed by atoms with van der Waals surface area (Å²) in [6.07, 6.45) is 1.31. The average molecular weight is 397 g/mol. The molecule has 1 unspecified atom stereocenters. The van der Waals surface area contributed by atoms with E-state index in [9.17, 15) is 9.90 Å². The monoisotopic (exact) mass is 396 g/mol. The lowest BCUT2D eigenvalue weighted by molar-refractivity contribution is -0.140. The molecule has 156 valence electrons. The lowest BCUT2D eigenvalue weighted by Crippen LogP contribution is -2.51. The summed E-state index contributed by atoms with van der Waals surface area (Å²) in [4.78, 5) is 16.4. The molecule has 29 heavy (non-hydrogen) atoms. The van der Waals surface area contributed by atoms with Gasteiger partial charge in [-0.15, -0.1) is 0 Å². The number of nitrogens with zero attached hydrogens (tertiary/aromatic N) is 2. The van der Waals surface area contributed by atoms with Crippen LogP contribution in [0.1, 0.15) is 17.5 Å². The number of hydrazine groups is 1. The molecule has 0 amide bonds. The number of rotatable bonds is 11. The van der Waals surface area contributed by atoms with Crippen molar-refractivity contribution in [1.82, 2.24) is 20.7 Å². The van der Waals surface area contributed by atoms with E-state index >= 15 is 0 Å². The first-order chi connectivity index (χ1) is 14.2. The van der Waals surface area contributed by atoms with Crippen LogP contribution in [0.5, 0.6) is 0 Å². The number of carboxylic acids is 1. The molecule has 1 fully saturated rings. The molecule has 1 aliphatic heterocycles. The fraction of sp³-hybridized carbons (Fsp3) is 0.435. The quantitative estimate of drug-likeness (QED) is 0.399. The minimum atomic E-state index is -0.817. The Hall–Kier alpha value is -2.25. The van der Waals surface area contributed by atoms with Crippen molar-refractivity contribution in [3.63, 3.8) is 0 Å². The highest BCUT2D eigenvalue weighted by Gasteiger charge is 2.18. The molecule has 3 N–H and O–H groups in total. The SMILES string of the molecule is O=C(O)C(CCc1ccccc1)NNCCN1CCN(Cc2ccccc2)CC1. The molecule has 1 atom stereocenters. The van der Waals surface area contributed by atoms with Crippen LogP contribution in [0.25, 0.3) is 0 Å². The van der Waals surface area contributed by atoms with Crippen molar-refractivity contribution in [1.29, 1.82) is 0 Å². The predicted octanol–water partition coefficient (Wildman–Crippen LogP) is 1.98. The van der Waals surface area contributed by atoms with Crippen LogP contribution in [-0.4, -0.2) is 66.2 Å². The molecule has 6 nitrogen and oxygen atoms in total. The standard InChI is InChI=1S/C23H32N4O2/c28-23(29)22(12-11-20-7-3-1-4-8-20)25-24-13-14-26-15-17-27(18-16-26)19-21-9-5-2-6-10-21/h1-10,22,24-25H,11-19H2,(H,28,29). The van der Waals surface area contributed by atoms with Crippen molar-refractivity contribution in [2.45, 2.75) is 25.4 Å². The number of hydrogen-bond acceptors (Lipinski definition) is 5. The minimum absolute atomic E-state index is 0.560. The second kappa shape index (κ2) is 11.7. The number of piperazine rings is 1. The molecule has 0 aliphatic carbocycles. The molecule has 1 heterocycles. The van der Waals surface area contributed by atoms with Gasteiger partial charge >= 0.3 is 5.97 Å². The Labute approximate surface area is 173 Å². The zero-order valence-electron chi connectivity index (χ0n) is 17.0. The molecule has 2 aromatic carbocycles. The maximum absolute atomic E-state index is 11.5. The maximum atomic E-state index is 11.5. The van der Waals surface area contributed by atoms with Gasteiger partial charge in [-0.1, -0.05) is 60.7 Å². The Morgan fingerprint density at radius 1 is 0.897 bits per heavy atom. The molecule has 0 aromatic heterocycles. The smallest absolute Gasteiger partial charge is 0.322 e. The zero-order valence-corrected chi connectivity index (χ0v) is 17.0. The van der Waals surface area contributed by atoms with E-state index in [1.165, 1.54) is 5.56 Å². The first-order valence-corrected chi connectivity index (χ1v) is 10.4. The second-order valence-electron chi connectivity index (χ2n) is 7.59. The Balaban J connectivity index is 1.30. The molecule has 0 radical (unpaired) electrons.